The highest BCUT2D eigenvalue weighted by molar-refractivity contribution is 5.20. The fourth-order valence-electron chi connectivity index (χ4n) is 1.93. The van der Waals surface area contributed by atoms with Gasteiger partial charge in [-0.3, -0.25) is 0 Å². The molecule has 1 aliphatic rings. The molecule has 1 aliphatic carbocycles. The Labute approximate surface area is 69.1 Å². The van der Waals surface area contributed by atoms with Crippen molar-refractivity contribution in [1.82, 2.24) is 0 Å². The fraction of sp³-hybridized carbons (Fsp3) is 0.800. The van der Waals surface area contributed by atoms with E-state index in [4.69, 9.17) is 5.11 Å². The lowest BCUT2D eigenvalue weighted by molar-refractivity contribution is 0.342. The van der Waals surface area contributed by atoms with E-state index in [-0.39, 0.29) is 6.61 Å². The molecule has 1 rings (SSSR count). The van der Waals surface area contributed by atoms with E-state index in [9.17, 15) is 0 Å². The summed E-state index contributed by atoms with van der Waals surface area (Å²) in [6.45, 7) is 9.28. The van der Waals surface area contributed by atoms with Crippen molar-refractivity contribution in [3.8, 4) is 0 Å². The summed E-state index contributed by atoms with van der Waals surface area (Å²) in [6, 6.07) is 0. The number of rotatable bonds is 2. The van der Waals surface area contributed by atoms with Crippen LogP contribution in [-0.4, -0.2) is 11.7 Å². The molecule has 0 unspecified atom stereocenters. The minimum absolute atomic E-state index is 0.169. The van der Waals surface area contributed by atoms with Gasteiger partial charge in [0.05, 0.1) is 6.61 Å². The summed E-state index contributed by atoms with van der Waals surface area (Å²) in [6.07, 6.45) is 3.99. The van der Waals surface area contributed by atoms with Crippen molar-refractivity contribution in [1.29, 1.82) is 0 Å². The molecule has 0 aromatic heterocycles. The van der Waals surface area contributed by atoms with Crippen molar-refractivity contribution < 1.29 is 5.11 Å². The molecule has 0 aliphatic heterocycles. The van der Waals surface area contributed by atoms with Gasteiger partial charge in [0.25, 0.3) is 0 Å². The monoisotopic (exact) mass is 154 g/mol. The Kier molecular flexibility index (Phi) is 1.87. The van der Waals surface area contributed by atoms with Crippen molar-refractivity contribution in [2.75, 3.05) is 6.61 Å². The minimum Gasteiger partial charge on any atom is -0.392 e. The Balaban J connectivity index is 2.60. The molecular formula is C10H18O. The SMILES string of the molecule is CC1(C)C(/C=C/CO)C1(C)C. The number of hydrogen-bond acceptors (Lipinski definition) is 1. The molecule has 0 bridgehead atoms. The maximum atomic E-state index is 8.60. The molecule has 0 spiro atoms. The van der Waals surface area contributed by atoms with Crippen LogP contribution in [-0.2, 0) is 0 Å². The second-order valence-electron chi connectivity index (χ2n) is 4.53. The van der Waals surface area contributed by atoms with E-state index in [0.717, 1.165) is 0 Å². The van der Waals surface area contributed by atoms with Gasteiger partial charge in [-0.25, -0.2) is 0 Å². The predicted molar refractivity (Wildman–Crippen MR) is 47.3 cm³/mol. The first kappa shape index (κ1) is 8.79. The van der Waals surface area contributed by atoms with Crippen LogP contribution in [0.25, 0.3) is 0 Å². The second-order valence-corrected chi connectivity index (χ2v) is 4.53. The lowest BCUT2D eigenvalue weighted by Crippen LogP contribution is -1.95. The van der Waals surface area contributed by atoms with Crippen LogP contribution in [0.3, 0.4) is 0 Å². The largest absolute Gasteiger partial charge is 0.392 e. The van der Waals surface area contributed by atoms with Crippen LogP contribution in [0.1, 0.15) is 27.7 Å². The summed E-state index contributed by atoms with van der Waals surface area (Å²) in [5, 5.41) is 8.60. The molecule has 0 atom stereocenters. The van der Waals surface area contributed by atoms with Crippen molar-refractivity contribution >= 4 is 0 Å². The van der Waals surface area contributed by atoms with Gasteiger partial charge in [0, 0.05) is 0 Å². The van der Waals surface area contributed by atoms with Crippen LogP contribution < -0.4 is 0 Å². The summed E-state index contributed by atoms with van der Waals surface area (Å²) in [7, 11) is 0. The highest BCUT2D eigenvalue weighted by Crippen LogP contribution is 2.68. The van der Waals surface area contributed by atoms with Gasteiger partial charge in [-0.15, -0.1) is 0 Å². The summed E-state index contributed by atoms with van der Waals surface area (Å²) < 4.78 is 0. The smallest absolute Gasteiger partial charge is 0.0612 e. The average Bonchev–Trinajstić information content (AvgIpc) is 2.23. The van der Waals surface area contributed by atoms with Crippen LogP contribution in [0.4, 0.5) is 0 Å². The number of aliphatic hydroxyl groups excluding tert-OH is 1. The summed E-state index contributed by atoms with van der Waals surface area (Å²) in [4.78, 5) is 0. The van der Waals surface area contributed by atoms with Gasteiger partial charge < -0.3 is 5.11 Å². The van der Waals surface area contributed by atoms with Crippen molar-refractivity contribution in [2.45, 2.75) is 27.7 Å². The average molecular weight is 154 g/mol. The van der Waals surface area contributed by atoms with Crippen LogP contribution in [0, 0.1) is 16.7 Å². The van der Waals surface area contributed by atoms with Gasteiger partial charge in [-0.2, -0.15) is 0 Å². The van der Waals surface area contributed by atoms with E-state index in [0.29, 0.717) is 16.7 Å². The molecule has 1 nitrogen and oxygen atoms in total. The Morgan fingerprint density at radius 2 is 1.64 bits per heavy atom. The minimum atomic E-state index is 0.169. The summed E-state index contributed by atoms with van der Waals surface area (Å²) >= 11 is 0. The van der Waals surface area contributed by atoms with Crippen molar-refractivity contribution in [3.63, 3.8) is 0 Å². The predicted octanol–water partition coefficient (Wildman–Crippen LogP) is 2.22. The zero-order valence-corrected chi connectivity index (χ0v) is 7.89. The third-order valence-corrected chi connectivity index (χ3v) is 3.57. The second kappa shape index (κ2) is 2.34. The Morgan fingerprint density at radius 3 is 1.91 bits per heavy atom. The molecule has 1 N–H and O–H groups in total. The molecule has 1 saturated carbocycles. The van der Waals surface area contributed by atoms with Gasteiger partial charge in [0.1, 0.15) is 0 Å². The summed E-state index contributed by atoms with van der Waals surface area (Å²) in [5.41, 5.74) is 0.831. The molecule has 1 fully saturated rings. The molecule has 0 amide bonds. The molecule has 0 saturated heterocycles. The molecule has 0 aromatic rings. The first-order valence-corrected chi connectivity index (χ1v) is 4.22. The van der Waals surface area contributed by atoms with Crippen molar-refractivity contribution in [2.24, 2.45) is 16.7 Å². The van der Waals surface area contributed by atoms with Crippen LogP contribution in [0.2, 0.25) is 0 Å². The van der Waals surface area contributed by atoms with Crippen LogP contribution >= 0.6 is 0 Å². The molecular weight excluding hydrogens is 136 g/mol. The lowest BCUT2D eigenvalue weighted by atomic mass is 10.0. The Morgan fingerprint density at radius 1 is 1.18 bits per heavy atom. The van der Waals surface area contributed by atoms with Crippen LogP contribution in [0.15, 0.2) is 12.2 Å². The van der Waals surface area contributed by atoms with Gasteiger partial charge in [0.15, 0.2) is 0 Å². The molecule has 1 heteroatoms. The molecule has 0 aromatic carbocycles. The van der Waals surface area contributed by atoms with E-state index in [2.05, 4.69) is 33.8 Å². The van der Waals surface area contributed by atoms with Gasteiger partial charge in [-0.05, 0) is 16.7 Å². The lowest BCUT2D eigenvalue weighted by Gasteiger charge is -2.03. The molecule has 11 heavy (non-hydrogen) atoms. The maximum absolute atomic E-state index is 8.60. The standard InChI is InChI=1S/C10H18O/c1-9(2)8(6-5-7-11)10(9,3)4/h5-6,8,11H,7H2,1-4H3/b6-5+. The first-order valence-electron chi connectivity index (χ1n) is 4.22. The third kappa shape index (κ3) is 1.12. The number of aliphatic hydroxyl groups is 1. The summed E-state index contributed by atoms with van der Waals surface area (Å²) in [5.74, 6) is 0.641. The Bertz CT molecular complexity index is 163. The zero-order chi connectivity index (χ0) is 8.70. The van der Waals surface area contributed by atoms with E-state index in [1.807, 2.05) is 6.08 Å². The number of allylic oxidation sites excluding steroid dienone is 1. The van der Waals surface area contributed by atoms with Gasteiger partial charge in [0.2, 0.25) is 0 Å². The topological polar surface area (TPSA) is 20.2 Å². The van der Waals surface area contributed by atoms with Gasteiger partial charge in [-0.1, -0.05) is 39.8 Å². The number of hydrogen-bond donors (Lipinski definition) is 1. The quantitative estimate of drug-likeness (QED) is 0.605. The van der Waals surface area contributed by atoms with E-state index >= 15 is 0 Å². The molecule has 0 radical (unpaired) electrons. The maximum Gasteiger partial charge on any atom is 0.0612 e. The van der Waals surface area contributed by atoms with E-state index in [1.54, 1.807) is 0 Å². The highest BCUT2D eigenvalue weighted by atomic mass is 16.2. The fourth-order valence-corrected chi connectivity index (χ4v) is 1.93. The normalized spacial score (nSPS) is 27.7. The third-order valence-electron chi connectivity index (χ3n) is 3.57. The zero-order valence-electron chi connectivity index (χ0n) is 7.89. The van der Waals surface area contributed by atoms with Crippen LogP contribution in [0.5, 0.6) is 0 Å². The molecule has 64 valence electrons. The molecule has 0 heterocycles. The Hall–Kier alpha value is -0.300. The highest BCUT2D eigenvalue weighted by Gasteiger charge is 2.62. The van der Waals surface area contributed by atoms with Crippen molar-refractivity contribution in [3.05, 3.63) is 12.2 Å². The van der Waals surface area contributed by atoms with E-state index < -0.39 is 0 Å². The van der Waals surface area contributed by atoms with E-state index in [1.165, 1.54) is 0 Å². The first-order chi connectivity index (χ1) is 4.94. The van der Waals surface area contributed by atoms with Gasteiger partial charge >= 0.3 is 0 Å².